The van der Waals surface area contributed by atoms with Crippen molar-refractivity contribution in [3.8, 4) is 0 Å². The Balaban J connectivity index is 3.16. The fourth-order valence-electron chi connectivity index (χ4n) is 2.44. The molecular formula is C16H25NO. The average Bonchev–Trinajstić information content (AvgIpc) is 2.13. The van der Waals surface area contributed by atoms with Crippen LogP contribution >= 0.6 is 0 Å². The summed E-state index contributed by atoms with van der Waals surface area (Å²) in [5, 5.41) is 0. The number of nitrogens with zero attached hydrogens (tertiary/aromatic N) is 1. The Labute approximate surface area is 111 Å². The molecule has 0 saturated carbocycles. The highest BCUT2D eigenvalue weighted by Crippen LogP contribution is 2.27. The quantitative estimate of drug-likeness (QED) is 0.733. The molecule has 0 aliphatic carbocycles. The molecule has 0 bridgehead atoms. The molecule has 100 valence electrons. The summed E-state index contributed by atoms with van der Waals surface area (Å²) in [5.74, 6) is 0.0926. The van der Waals surface area contributed by atoms with Gasteiger partial charge in [-0.1, -0.05) is 17.7 Å². The third-order valence-corrected chi connectivity index (χ3v) is 2.84. The smallest absolute Gasteiger partial charge is 0.254 e. The van der Waals surface area contributed by atoms with Crippen molar-refractivity contribution in [3.63, 3.8) is 0 Å². The lowest BCUT2D eigenvalue weighted by Gasteiger charge is -2.45. The second-order valence-corrected chi connectivity index (χ2v) is 6.85. The van der Waals surface area contributed by atoms with Gasteiger partial charge in [0, 0.05) is 16.6 Å². The van der Waals surface area contributed by atoms with Gasteiger partial charge in [0.05, 0.1) is 0 Å². The molecule has 1 amide bonds. The number of aryl methyl sites for hydroxylation is 1. The molecule has 2 nitrogen and oxygen atoms in total. The summed E-state index contributed by atoms with van der Waals surface area (Å²) in [6.45, 7) is 14.5. The molecule has 0 spiro atoms. The van der Waals surface area contributed by atoms with Crippen LogP contribution in [0, 0.1) is 6.92 Å². The molecule has 0 heterocycles. The first-order valence-corrected chi connectivity index (χ1v) is 6.45. The summed E-state index contributed by atoms with van der Waals surface area (Å²) >= 11 is 0. The Hall–Kier alpha value is -1.31. The van der Waals surface area contributed by atoms with Gasteiger partial charge in [-0.15, -0.1) is 0 Å². The summed E-state index contributed by atoms with van der Waals surface area (Å²) in [5.41, 5.74) is 1.54. The Morgan fingerprint density at radius 2 is 1.28 bits per heavy atom. The van der Waals surface area contributed by atoms with Crippen molar-refractivity contribution in [2.24, 2.45) is 0 Å². The SMILES string of the molecule is Cc1ccc(C(=O)N(C(C)(C)C)C(C)(C)C)cc1. The fourth-order valence-corrected chi connectivity index (χ4v) is 2.44. The topological polar surface area (TPSA) is 20.3 Å². The standard InChI is InChI=1S/C16H25NO/c1-12-8-10-13(11-9-12)14(18)17(15(2,3)4)16(5,6)7/h8-11H,1-7H3. The van der Waals surface area contributed by atoms with Gasteiger partial charge in [-0.2, -0.15) is 0 Å². The van der Waals surface area contributed by atoms with E-state index in [0.29, 0.717) is 0 Å². The van der Waals surface area contributed by atoms with Crippen molar-refractivity contribution in [2.75, 3.05) is 0 Å². The van der Waals surface area contributed by atoms with Crippen LogP contribution in [0.15, 0.2) is 24.3 Å². The molecule has 0 saturated heterocycles. The van der Waals surface area contributed by atoms with Crippen LogP contribution in [-0.4, -0.2) is 21.9 Å². The summed E-state index contributed by atoms with van der Waals surface area (Å²) in [6, 6.07) is 7.78. The number of hydrogen-bond donors (Lipinski definition) is 0. The predicted molar refractivity (Wildman–Crippen MR) is 76.9 cm³/mol. The van der Waals surface area contributed by atoms with Gasteiger partial charge in [-0.05, 0) is 60.6 Å². The van der Waals surface area contributed by atoms with E-state index in [1.165, 1.54) is 5.56 Å². The summed E-state index contributed by atoms with van der Waals surface area (Å²) < 4.78 is 0. The largest absolute Gasteiger partial charge is 0.329 e. The van der Waals surface area contributed by atoms with E-state index in [4.69, 9.17) is 0 Å². The average molecular weight is 247 g/mol. The number of carbonyl (C=O) groups is 1. The molecule has 0 aliphatic rings. The number of amides is 1. The number of benzene rings is 1. The number of rotatable bonds is 1. The molecule has 1 aromatic rings. The van der Waals surface area contributed by atoms with Crippen molar-refractivity contribution >= 4 is 5.91 Å². The second kappa shape index (κ2) is 4.75. The first-order chi connectivity index (χ1) is 8.03. The highest BCUT2D eigenvalue weighted by Gasteiger charge is 2.35. The number of hydrogen-bond acceptors (Lipinski definition) is 1. The lowest BCUT2D eigenvalue weighted by Crippen LogP contribution is -2.55. The van der Waals surface area contributed by atoms with Crippen molar-refractivity contribution in [2.45, 2.75) is 59.5 Å². The third kappa shape index (κ3) is 3.34. The summed E-state index contributed by atoms with van der Waals surface area (Å²) in [4.78, 5) is 14.6. The third-order valence-electron chi connectivity index (χ3n) is 2.84. The second-order valence-electron chi connectivity index (χ2n) is 6.85. The van der Waals surface area contributed by atoms with Crippen LogP contribution in [0.1, 0.15) is 57.5 Å². The molecule has 0 aromatic heterocycles. The molecule has 0 fully saturated rings. The van der Waals surface area contributed by atoms with E-state index in [1.807, 2.05) is 36.1 Å². The van der Waals surface area contributed by atoms with Crippen LogP contribution in [0.4, 0.5) is 0 Å². The van der Waals surface area contributed by atoms with E-state index < -0.39 is 0 Å². The maximum Gasteiger partial charge on any atom is 0.254 e. The van der Waals surface area contributed by atoms with E-state index in [-0.39, 0.29) is 17.0 Å². The molecule has 0 unspecified atom stereocenters. The van der Waals surface area contributed by atoms with Gasteiger partial charge in [0.2, 0.25) is 0 Å². The van der Waals surface area contributed by atoms with E-state index in [1.54, 1.807) is 0 Å². The Kier molecular flexibility index (Phi) is 3.89. The van der Waals surface area contributed by atoms with Gasteiger partial charge in [-0.3, -0.25) is 4.79 Å². The van der Waals surface area contributed by atoms with Gasteiger partial charge in [0.25, 0.3) is 5.91 Å². The lowest BCUT2D eigenvalue weighted by atomic mass is 9.94. The monoisotopic (exact) mass is 247 g/mol. The molecule has 0 aliphatic heterocycles. The summed E-state index contributed by atoms with van der Waals surface area (Å²) in [6.07, 6.45) is 0. The van der Waals surface area contributed by atoms with E-state index >= 15 is 0 Å². The lowest BCUT2D eigenvalue weighted by molar-refractivity contribution is 0.0271. The minimum Gasteiger partial charge on any atom is -0.329 e. The van der Waals surface area contributed by atoms with Gasteiger partial charge >= 0.3 is 0 Å². The van der Waals surface area contributed by atoms with Crippen molar-refractivity contribution in [1.29, 1.82) is 0 Å². The van der Waals surface area contributed by atoms with Gasteiger partial charge in [-0.25, -0.2) is 0 Å². The zero-order valence-electron chi connectivity index (χ0n) is 12.7. The van der Waals surface area contributed by atoms with E-state index in [2.05, 4.69) is 41.5 Å². The molecule has 18 heavy (non-hydrogen) atoms. The molecule has 2 heteroatoms. The maximum atomic E-state index is 12.7. The molecular weight excluding hydrogens is 222 g/mol. The van der Waals surface area contributed by atoms with Gasteiger partial charge in [0.1, 0.15) is 0 Å². The zero-order valence-corrected chi connectivity index (χ0v) is 12.7. The highest BCUT2D eigenvalue weighted by molar-refractivity contribution is 5.95. The van der Waals surface area contributed by atoms with Crippen molar-refractivity contribution in [3.05, 3.63) is 35.4 Å². The van der Waals surface area contributed by atoms with Crippen LogP contribution in [0.3, 0.4) is 0 Å². The number of carbonyl (C=O) groups excluding carboxylic acids is 1. The zero-order chi connectivity index (χ0) is 14.1. The van der Waals surface area contributed by atoms with Crippen LogP contribution in [-0.2, 0) is 0 Å². The normalized spacial score (nSPS) is 12.4. The van der Waals surface area contributed by atoms with Gasteiger partial charge in [0.15, 0.2) is 0 Å². The molecule has 1 rings (SSSR count). The van der Waals surface area contributed by atoms with E-state index in [9.17, 15) is 4.79 Å². The first-order valence-electron chi connectivity index (χ1n) is 6.45. The Morgan fingerprint density at radius 1 is 0.889 bits per heavy atom. The molecule has 1 aromatic carbocycles. The highest BCUT2D eigenvalue weighted by atomic mass is 16.2. The molecule has 0 N–H and O–H groups in total. The molecule has 0 atom stereocenters. The summed E-state index contributed by atoms with van der Waals surface area (Å²) in [7, 11) is 0. The first kappa shape index (κ1) is 14.7. The van der Waals surface area contributed by atoms with Crippen LogP contribution in [0.2, 0.25) is 0 Å². The van der Waals surface area contributed by atoms with E-state index in [0.717, 1.165) is 5.56 Å². The molecule has 0 radical (unpaired) electrons. The fraction of sp³-hybridized carbons (Fsp3) is 0.562. The Bertz CT molecular complexity index is 404. The van der Waals surface area contributed by atoms with Gasteiger partial charge < -0.3 is 4.90 Å². The van der Waals surface area contributed by atoms with Crippen LogP contribution in [0.5, 0.6) is 0 Å². The van der Waals surface area contributed by atoms with Crippen LogP contribution < -0.4 is 0 Å². The van der Waals surface area contributed by atoms with Crippen molar-refractivity contribution in [1.82, 2.24) is 4.90 Å². The van der Waals surface area contributed by atoms with Crippen molar-refractivity contribution < 1.29 is 4.79 Å². The minimum absolute atomic E-state index is 0.0926. The van der Waals surface area contributed by atoms with Crippen LogP contribution in [0.25, 0.3) is 0 Å². The maximum absolute atomic E-state index is 12.7. The minimum atomic E-state index is -0.194. The predicted octanol–water partition coefficient (Wildman–Crippen LogP) is 4.03. The Morgan fingerprint density at radius 3 is 1.61 bits per heavy atom.